The molecule has 2 heterocycles. The predicted octanol–water partition coefficient (Wildman–Crippen LogP) is 2.05. The highest BCUT2D eigenvalue weighted by molar-refractivity contribution is 5.45. The molecular weight excluding hydrogens is 252 g/mol. The predicted molar refractivity (Wildman–Crippen MR) is 80.5 cm³/mol. The van der Waals surface area contributed by atoms with E-state index in [-0.39, 0.29) is 5.41 Å². The van der Waals surface area contributed by atoms with E-state index in [0.29, 0.717) is 5.82 Å². The molecule has 6 nitrogen and oxygen atoms in total. The van der Waals surface area contributed by atoms with E-state index >= 15 is 0 Å². The van der Waals surface area contributed by atoms with Gasteiger partial charge in [0.05, 0.1) is 6.33 Å². The molecule has 0 spiro atoms. The van der Waals surface area contributed by atoms with E-state index in [4.69, 9.17) is 5.73 Å². The standard InChI is InChI=1S/C14H22N6/c1-14(2,3)13-18-11(15)9-12(19-13)17-5-4-7-20-8-6-16-10-20/h6,8-10H,4-5,7H2,1-3H3,(H3,15,17,18,19). The number of aromatic nitrogens is 4. The molecule has 0 atom stereocenters. The number of rotatable bonds is 5. The second-order valence-electron chi connectivity index (χ2n) is 5.83. The summed E-state index contributed by atoms with van der Waals surface area (Å²) >= 11 is 0. The molecule has 0 amide bonds. The van der Waals surface area contributed by atoms with Gasteiger partial charge in [-0.2, -0.15) is 0 Å². The molecular formula is C14H22N6. The number of anilines is 2. The molecule has 0 aliphatic carbocycles. The lowest BCUT2D eigenvalue weighted by molar-refractivity contribution is 0.546. The van der Waals surface area contributed by atoms with Gasteiger partial charge in [0.1, 0.15) is 17.5 Å². The first kappa shape index (κ1) is 14.3. The number of nitrogens with two attached hydrogens (primary N) is 1. The van der Waals surface area contributed by atoms with Crippen LogP contribution in [0.5, 0.6) is 0 Å². The van der Waals surface area contributed by atoms with Crippen molar-refractivity contribution in [1.82, 2.24) is 19.5 Å². The fourth-order valence-electron chi connectivity index (χ4n) is 1.79. The van der Waals surface area contributed by atoms with E-state index in [1.165, 1.54) is 0 Å². The summed E-state index contributed by atoms with van der Waals surface area (Å²) in [5, 5.41) is 3.30. The van der Waals surface area contributed by atoms with Crippen LogP contribution in [0, 0.1) is 0 Å². The van der Waals surface area contributed by atoms with Crippen molar-refractivity contribution in [3.8, 4) is 0 Å². The summed E-state index contributed by atoms with van der Waals surface area (Å²) in [6.45, 7) is 7.98. The number of imidazole rings is 1. The number of nitrogens with zero attached hydrogens (tertiary/aromatic N) is 4. The Kier molecular flexibility index (Phi) is 4.22. The van der Waals surface area contributed by atoms with Gasteiger partial charge in [0, 0.05) is 37.0 Å². The molecule has 6 heteroatoms. The first-order valence-corrected chi connectivity index (χ1v) is 6.80. The first-order chi connectivity index (χ1) is 9.45. The quantitative estimate of drug-likeness (QED) is 0.816. The van der Waals surface area contributed by atoms with Gasteiger partial charge in [0.15, 0.2) is 0 Å². The molecule has 0 saturated carbocycles. The number of hydrogen-bond acceptors (Lipinski definition) is 5. The zero-order valence-electron chi connectivity index (χ0n) is 12.3. The average Bonchev–Trinajstić information content (AvgIpc) is 2.86. The molecule has 0 fully saturated rings. The molecule has 2 aromatic rings. The number of nitrogens with one attached hydrogen (secondary N) is 1. The molecule has 0 unspecified atom stereocenters. The van der Waals surface area contributed by atoms with E-state index in [1.54, 1.807) is 12.3 Å². The molecule has 0 saturated heterocycles. The highest BCUT2D eigenvalue weighted by Gasteiger charge is 2.18. The van der Waals surface area contributed by atoms with Crippen LogP contribution in [0.1, 0.15) is 33.0 Å². The molecule has 0 radical (unpaired) electrons. The molecule has 2 aromatic heterocycles. The Balaban J connectivity index is 1.91. The summed E-state index contributed by atoms with van der Waals surface area (Å²) in [4.78, 5) is 12.8. The van der Waals surface area contributed by atoms with Crippen molar-refractivity contribution in [2.75, 3.05) is 17.6 Å². The molecule has 0 aliphatic heterocycles. The summed E-state index contributed by atoms with van der Waals surface area (Å²) in [5.74, 6) is 2.05. The Bertz CT molecular complexity index is 541. The van der Waals surface area contributed by atoms with Crippen molar-refractivity contribution in [3.63, 3.8) is 0 Å². The van der Waals surface area contributed by atoms with Gasteiger partial charge < -0.3 is 15.6 Å². The fourth-order valence-corrected chi connectivity index (χ4v) is 1.79. The maximum atomic E-state index is 5.83. The van der Waals surface area contributed by atoms with Gasteiger partial charge in [-0.3, -0.25) is 0 Å². The summed E-state index contributed by atoms with van der Waals surface area (Å²) in [6, 6.07) is 1.77. The van der Waals surface area contributed by atoms with E-state index in [2.05, 4.69) is 45.6 Å². The van der Waals surface area contributed by atoms with Gasteiger partial charge in [-0.15, -0.1) is 0 Å². The van der Waals surface area contributed by atoms with Crippen LogP contribution < -0.4 is 11.1 Å². The fraction of sp³-hybridized carbons (Fsp3) is 0.500. The minimum Gasteiger partial charge on any atom is -0.384 e. The Morgan fingerprint density at radius 1 is 1.30 bits per heavy atom. The van der Waals surface area contributed by atoms with Crippen molar-refractivity contribution in [2.24, 2.45) is 0 Å². The second-order valence-corrected chi connectivity index (χ2v) is 5.83. The second kappa shape index (κ2) is 5.90. The SMILES string of the molecule is CC(C)(C)c1nc(N)cc(NCCCn2ccnc2)n1. The average molecular weight is 274 g/mol. The lowest BCUT2D eigenvalue weighted by Crippen LogP contribution is -2.18. The Hall–Kier alpha value is -2.11. The zero-order chi connectivity index (χ0) is 14.6. The normalized spacial score (nSPS) is 11.6. The third kappa shape index (κ3) is 3.94. The largest absolute Gasteiger partial charge is 0.384 e. The summed E-state index contributed by atoms with van der Waals surface area (Å²) in [6.07, 6.45) is 6.56. The van der Waals surface area contributed by atoms with Crippen LogP contribution in [0.2, 0.25) is 0 Å². The number of hydrogen-bond donors (Lipinski definition) is 2. The van der Waals surface area contributed by atoms with Crippen LogP contribution >= 0.6 is 0 Å². The molecule has 20 heavy (non-hydrogen) atoms. The van der Waals surface area contributed by atoms with Crippen LogP contribution in [0.15, 0.2) is 24.8 Å². The van der Waals surface area contributed by atoms with Crippen LogP contribution in [0.4, 0.5) is 11.6 Å². The van der Waals surface area contributed by atoms with Crippen LogP contribution in [0.25, 0.3) is 0 Å². The maximum Gasteiger partial charge on any atom is 0.138 e. The van der Waals surface area contributed by atoms with Crippen molar-refractivity contribution in [2.45, 2.75) is 39.2 Å². The third-order valence-electron chi connectivity index (χ3n) is 2.88. The third-order valence-corrected chi connectivity index (χ3v) is 2.88. The molecule has 0 bridgehead atoms. The molecule has 0 aliphatic rings. The Morgan fingerprint density at radius 3 is 2.75 bits per heavy atom. The maximum absolute atomic E-state index is 5.83. The lowest BCUT2D eigenvalue weighted by Gasteiger charge is -2.18. The smallest absolute Gasteiger partial charge is 0.138 e. The van der Waals surface area contributed by atoms with Crippen molar-refractivity contribution >= 4 is 11.6 Å². The van der Waals surface area contributed by atoms with Crippen LogP contribution in [-0.4, -0.2) is 26.1 Å². The molecule has 3 N–H and O–H groups in total. The van der Waals surface area contributed by atoms with Gasteiger partial charge in [0.2, 0.25) is 0 Å². The van der Waals surface area contributed by atoms with E-state index in [9.17, 15) is 0 Å². The summed E-state index contributed by atoms with van der Waals surface area (Å²) < 4.78 is 2.05. The zero-order valence-corrected chi connectivity index (χ0v) is 12.3. The van der Waals surface area contributed by atoms with Gasteiger partial charge >= 0.3 is 0 Å². The topological polar surface area (TPSA) is 81.6 Å². The highest BCUT2D eigenvalue weighted by atomic mass is 15.1. The van der Waals surface area contributed by atoms with Gasteiger partial charge in [-0.05, 0) is 6.42 Å². The van der Waals surface area contributed by atoms with E-state index < -0.39 is 0 Å². The van der Waals surface area contributed by atoms with Crippen molar-refractivity contribution < 1.29 is 0 Å². The highest BCUT2D eigenvalue weighted by Crippen LogP contribution is 2.21. The van der Waals surface area contributed by atoms with Gasteiger partial charge in [-0.25, -0.2) is 15.0 Å². The minimum absolute atomic E-state index is 0.109. The van der Waals surface area contributed by atoms with E-state index in [0.717, 1.165) is 31.2 Å². The summed E-state index contributed by atoms with van der Waals surface area (Å²) in [5.41, 5.74) is 5.73. The summed E-state index contributed by atoms with van der Waals surface area (Å²) in [7, 11) is 0. The Labute approximate surface area is 119 Å². The molecule has 108 valence electrons. The number of nitrogen functional groups attached to an aromatic ring is 1. The monoisotopic (exact) mass is 274 g/mol. The Morgan fingerprint density at radius 2 is 2.10 bits per heavy atom. The minimum atomic E-state index is -0.109. The number of aryl methyl sites for hydroxylation is 1. The lowest BCUT2D eigenvalue weighted by atomic mass is 9.96. The first-order valence-electron chi connectivity index (χ1n) is 6.80. The molecule has 2 rings (SSSR count). The van der Waals surface area contributed by atoms with E-state index in [1.807, 2.05) is 12.5 Å². The van der Waals surface area contributed by atoms with Gasteiger partial charge in [-0.1, -0.05) is 20.8 Å². The van der Waals surface area contributed by atoms with Gasteiger partial charge in [0.25, 0.3) is 0 Å². The van der Waals surface area contributed by atoms with Crippen molar-refractivity contribution in [3.05, 3.63) is 30.6 Å². The molecule has 0 aromatic carbocycles. The van der Waals surface area contributed by atoms with Crippen molar-refractivity contribution in [1.29, 1.82) is 0 Å². The van der Waals surface area contributed by atoms with Crippen LogP contribution in [-0.2, 0) is 12.0 Å². The van der Waals surface area contributed by atoms with Crippen LogP contribution in [0.3, 0.4) is 0 Å².